The van der Waals surface area contributed by atoms with Crippen LogP contribution in [0.5, 0.6) is 0 Å². The molecule has 1 heterocycles. The minimum atomic E-state index is 0.201. The van der Waals surface area contributed by atoms with Gasteiger partial charge in [-0.1, -0.05) is 13.0 Å². The number of morpholine rings is 1. The first-order chi connectivity index (χ1) is 9.13. The van der Waals surface area contributed by atoms with E-state index in [0.717, 1.165) is 35.2 Å². The van der Waals surface area contributed by atoms with E-state index in [4.69, 9.17) is 4.74 Å². The quantitative estimate of drug-likeness (QED) is 0.852. The third kappa shape index (κ3) is 3.79. The highest BCUT2D eigenvalue weighted by Gasteiger charge is 2.31. The summed E-state index contributed by atoms with van der Waals surface area (Å²) in [7, 11) is 2.17. The Morgan fingerprint density at radius 3 is 2.84 bits per heavy atom. The van der Waals surface area contributed by atoms with Gasteiger partial charge in [-0.05, 0) is 63.1 Å². The number of likely N-dealkylation sites (N-methyl/N-ethyl adjacent to an activating group) is 2. The zero-order chi connectivity index (χ0) is 13.8. The summed E-state index contributed by atoms with van der Waals surface area (Å²) in [6.45, 7) is 5.76. The fraction of sp³-hybridized carbons (Fsp3) is 0.571. The van der Waals surface area contributed by atoms with Crippen molar-refractivity contribution in [1.82, 2.24) is 10.2 Å². The molecule has 0 aliphatic carbocycles. The van der Waals surface area contributed by atoms with Crippen LogP contribution in [-0.2, 0) is 4.74 Å². The zero-order valence-electron chi connectivity index (χ0n) is 11.3. The summed E-state index contributed by atoms with van der Waals surface area (Å²) in [6.07, 6.45) is 0.201. The van der Waals surface area contributed by atoms with Crippen LogP contribution in [0, 0.1) is 0 Å². The first kappa shape index (κ1) is 15.4. The summed E-state index contributed by atoms with van der Waals surface area (Å²) in [5.74, 6) is 0. The molecule has 0 saturated carbocycles. The van der Waals surface area contributed by atoms with Gasteiger partial charge in [-0.2, -0.15) is 0 Å². The van der Waals surface area contributed by atoms with Crippen molar-refractivity contribution >= 4 is 31.9 Å². The molecule has 5 heteroatoms. The first-order valence-electron chi connectivity index (χ1n) is 6.61. The van der Waals surface area contributed by atoms with Gasteiger partial charge in [0.2, 0.25) is 0 Å². The molecule has 1 aliphatic rings. The molecule has 0 bridgehead atoms. The molecule has 0 aromatic heterocycles. The van der Waals surface area contributed by atoms with Crippen LogP contribution in [0.25, 0.3) is 0 Å². The van der Waals surface area contributed by atoms with Crippen molar-refractivity contribution < 1.29 is 4.74 Å². The van der Waals surface area contributed by atoms with Gasteiger partial charge in [0, 0.05) is 22.0 Å². The molecule has 1 aromatic carbocycles. The average Bonchev–Trinajstić information content (AvgIpc) is 2.40. The maximum absolute atomic E-state index is 5.96. The van der Waals surface area contributed by atoms with E-state index >= 15 is 0 Å². The number of benzene rings is 1. The lowest BCUT2D eigenvalue weighted by Crippen LogP contribution is -2.47. The van der Waals surface area contributed by atoms with Gasteiger partial charge in [-0.15, -0.1) is 0 Å². The van der Waals surface area contributed by atoms with E-state index in [1.54, 1.807) is 0 Å². The third-order valence-electron chi connectivity index (χ3n) is 3.48. The molecule has 1 aromatic rings. The smallest absolute Gasteiger partial charge is 0.0896 e. The monoisotopic (exact) mass is 390 g/mol. The lowest BCUT2D eigenvalue weighted by Gasteiger charge is -2.39. The van der Waals surface area contributed by atoms with Crippen molar-refractivity contribution in [3.05, 3.63) is 32.7 Å². The van der Waals surface area contributed by atoms with Crippen LogP contribution in [0.15, 0.2) is 27.1 Å². The Hall–Kier alpha value is 0.0600. The SMILES string of the molecule is CCNCC1OCCN(C)C1c1ccc(Br)c(Br)c1. The molecule has 2 unspecified atom stereocenters. The molecule has 2 rings (SSSR count). The topological polar surface area (TPSA) is 24.5 Å². The van der Waals surface area contributed by atoms with Crippen LogP contribution >= 0.6 is 31.9 Å². The number of nitrogens with one attached hydrogen (secondary N) is 1. The van der Waals surface area contributed by atoms with Crippen molar-refractivity contribution in [1.29, 1.82) is 0 Å². The van der Waals surface area contributed by atoms with Crippen molar-refractivity contribution in [3.8, 4) is 0 Å². The van der Waals surface area contributed by atoms with Crippen molar-refractivity contribution in [2.24, 2.45) is 0 Å². The standard InChI is InChI=1S/C14H20Br2N2O/c1-3-17-9-13-14(18(2)6-7-19-13)10-4-5-11(15)12(16)8-10/h4-5,8,13-14,17H,3,6-7,9H2,1-2H3. The Bertz CT molecular complexity index is 428. The van der Waals surface area contributed by atoms with E-state index in [9.17, 15) is 0 Å². The van der Waals surface area contributed by atoms with E-state index in [1.807, 2.05) is 0 Å². The summed E-state index contributed by atoms with van der Waals surface area (Å²) in [5.41, 5.74) is 1.29. The Morgan fingerprint density at radius 2 is 2.16 bits per heavy atom. The Balaban J connectivity index is 2.22. The van der Waals surface area contributed by atoms with E-state index < -0.39 is 0 Å². The largest absolute Gasteiger partial charge is 0.374 e. The molecule has 0 spiro atoms. The second-order valence-corrected chi connectivity index (χ2v) is 6.52. The number of hydrogen-bond donors (Lipinski definition) is 1. The fourth-order valence-electron chi connectivity index (χ4n) is 2.48. The lowest BCUT2D eigenvalue weighted by molar-refractivity contribution is -0.0611. The maximum Gasteiger partial charge on any atom is 0.0896 e. The Morgan fingerprint density at radius 1 is 1.37 bits per heavy atom. The van der Waals surface area contributed by atoms with E-state index in [1.165, 1.54) is 5.56 Å². The molecule has 0 radical (unpaired) electrons. The van der Waals surface area contributed by atoms with Gasteiger partial charge in [0.15, 0.2) is 0 Å². The molecule has 1 N–H and O–H groups in total. The van der Waals surface area contributed by atoms with Crippen LogP contribution in [0.3, 0.4) is 0 Å². The first-order valence-corrected chi connectivity index (χ1v) is 8.19. The Labute approximate surface area is 132 Å². The number of hydrogen-bond acceptors (Lipinski definition) is 3. The molecule has 1 fully saturated rings. The summed E-state index contributed by atoms with van der Waals surface area (Å²) < 4.78 is 8.13. The molecule has 1 saturated heterocycles. The summed E-state index contributed by atoms with van der Waals surface area (Å²) in [5, 5.41) is 3.39. The van der Waals surface area contributed by atoms with E-state index in [2.05, 4.69) is 74.2 Å². The van der Waals surface area contributed by atoms with Crippen molar-refractivity contribution in [2.45, 2.75) is 19.1 Å². The highest BCUT2D eigenvalue weighted by atomic mass is 79.9. The van der Waals surface area contributed by atoms with Crippen molar-refractivity contribution in [3.63, 3.8) is 0 Å². The van der Waals surface area contributed by atoms with Crippen LogP contribution in [0.2, 0.25) is 0 Å². The number of halogens is 2. The second-order valence-electron chi connectivity index (χ2n) is 4.82. The van der Waals surface area contributed by atoms with Gasteiger partial charge in [-0.3, -0.25) is 4.90 Å². The van der Waals surface area contributed by atoms with Crippen LogP contribution in [0.1, 0.15) is 18.5 Å². The lowest BCUT2D eigenvalue weighted by atomic mass is 9.98. The highest BCUT2D eigenvalue weighted by molar-refractivity contribution is 9.13. The molecular formula is C14H20Br2N2O. The van der Waals surface area contributed by atoms with Gasteiger partial charge in [0.25, 0.3) is 0 Å². The summed E-state index contributed by atoms with van der Waals surface area (Å²) in [6, 6.07) is 6.74. The van der Waals surface area contributed by atoms with Crippen LogP contribution in [-0.4, -0.2) is 44.3 Å². The van der Waals surface area contributed by atoms with Gasteiger partial charge in [0.05, 0.1) is 18.8 Å². The van der Waals surface area contributed by atoms with E-state index in [-0.39, 0.29) is 6.10 Å². The zero-order valence-corrected chi connectivity index (χ0v) is 14.5. The summed E-state index contributed by atoms with van der Waals surface area (Å²) >= 11 is 7.10. The Kier molecular flexibility index (Phi) is 5.84. The van der Waals surface area contributed by atoms with Crippen molar-refractivity contribution in [2.75, 3.05) is 33.3 Å². The molecule has 1 aliphatic heterocycles. The molecular weight excluding hydrogens is 372 g/mol. The molecule has 2 atom stereocenters. The second kappa shape index (κ2) is 7.18. The highest BCUT2D eigenvalue weighted by Crippen LogP contribution is 2.32. The van der Waals surface area contributed by atoms with Gasteiger partial charge >= 0.3 is 0 Å². The minimum Gasteiger partial charge on any atom is -0.374 e. The normalized spacial score (nSPS) is 24.6. The van der Waals surface area contributed by atoms with E-state index in [0.29, 0.717) is 6.04 Å². The predicted molar refractivity (Wildman–Crippen MR) is 85.5 cm³/mol. The van der Waals surface area contributed by atoms with Crippen LogP contribution < -0.4 is 5.32 Å². The predicted octanol–water partition coefficient (Wildman–Crippen LogP) is 3.19. The summed E-state index contributed by atoms with van der Waals surface area (Å²) in [4.78, 5) is 2.38. The maximum atomic E-state index is 5.96. The fourth-order valence-corrected chi connectivity index (χ4v) is 3.13. The molecule has 3 nitrogen and oxygen atoms in total. The van der Waals surface area contributed by atoms with Gasteiger partial charge in [-0.25, -0.2) is 0 Å². The number of rotatable bonds is 4. The third-order valence-corrected chi connectivity index (χ3v) is 5.36. The molecule has 0 amide bonds. The average molecular weight is 392 g/mol. The van der Waals surface area contributed by atoms with Gasteiger partial charge < -0.3 is 10.1 Å². The van der Waals surface area contributed by atoms with Crippen LogP contribution in [0.4, 0.5) is 0 Å². The number of ether oxygens (including phenoxy) is 1. The minimum absolute atomic E-state index is 0.201. The molecule has 106 valence electrons. The van der Waals surface area contributed by atoms with Gasteiger partial charge in [0.1, 0.15) is 0 Å². The molecule has 19 heavy (non-hydrogen) atoms. The number of nitrogens with zero attached hydrogens (tertiary/aromatic N) is 1.